The molecule has 0 amide bonds. The van der Waals surface area contributed by atoms with Crippen molar-refractivity contribution in [2.75, 3.05) is 0 Å². The van der Waals surface area contributed by atoms with E-state index >= 15 is 0 Å². The summed E-state index contributed by atoms with van der Waals surface area (Å²) in [6, 6.07) is 0. The Kier molecular flexibility index (Phi) is 7.69. The van der Waals surface area contributed by atoms with E-state index in [1.54, 1.807) is 0 Å². The van der Waals surface area contributed by atoms with Gasteiger partial charge in [0.25, 0.3) is 0 Å². The summed E-state index contributed by atoms with van der Waals surface area (Å²) in [6.07, 6.45) is 8.99. The second-order valence-corrected chi connectivity index (χ2v) is 3.90. The van der Waals surface area contributed by atoms with Gasteiger partial charge in [-0.15, -0.1) is 0 Å². The van der Waals surface area contributed by atoms with Crippen molar-refractivity contribution in [1.29, 1.82) is 0 Å². The predicted octanol–water partition coefficient (Wildman–Crippen LogP) is 3.84. The predicted molar refractivity (Wildman–Crippen MR) is 63.4 cm³/mol. The van der Waals surface area contributed by atoms with Crippen LogP contribution in [0.5, 0.6) is 0 Å². The van der Waals surface area contributed by atoms with E-state index in [1.807, 2.05) is 6.08 Å². The Hall–Kier alpha value is -1.05. The third kappa shape index (κ3) is 9.26. The van der Waals surface area contributed by atoms with Crippen LogP contribution in [-0.4, -0.2) is 5.97 Å². The van der Waals surface area contributed by atoms with Gasteiger partial charge in [0.05, 0.1) is 6.26 Å². The normalized spacial score (nSPS) is 14.3. The molecule has 0 aliphatic carbocycles. The van der Waals surface area contributed by atoms with E-state index in [9.17, 15) is 4.79 Å². The first-order valence-electron chi connectivity index (χ1n) is 5.55. The maximum absolute atomic E-state index is 10.5. The van der Waals surface area contributed by atoms with E-state index in [1.165, 1.54) is 18.8 Å². The fraction of sp³-hybridized carbons (Fsp3) is 0.615. The minimum absolute atomic E-state index is 0.264. The monoisotopic (exact) mass is 210 g/mol. The summed E-state index contributed by atoms with van der Waals surface area (Å²) >= 11 is 0. The van der Waals surface area contributed by atoms with Crippen LogP contribution in [0.1, 0.15) is 47.0 Å². The van der Waals surface area contributed by atoms with E-state index in [4.69, 9.17) is 4.74 Å². The molecule has 0 bridgehead atoms. The first-order chi connectivity index (χ1) is 7.06. The Morgan fingerprint density at radius 3 is 2.60 bits per heavy atom. The standard InChI is InChI=1S/C13H22O2/c1-5-11(2)7-6-8-12(3)9-10-15-13(4)14/h7,9-10,12H,5-6,8H2,1-4H3. The number of carbonyl (C=O) groups is 1. The Morgan fingerprint density at radius 2 is 2.07 bits per heavy atom. The molecule has 0 aliphatic rings. The van der Waals surface area contributed by atoms with Crippen molar-refractivity contribution in [2.24, 2.45) is 5.92 Å². The van der Waals surface area contributed by atoms with Gasteiger partial charge in [-0.2, -0.15) is 0 Å². The lowest BCUT2D eigenvalue weighted by atomic mass is 10.0. The van der Waals surface area contributed by atoms with E-state index in [0.29, 0.717) is 5.92 Å². The maximum atomic E-state index is 10.5. The molecule has 0 aromatic rings. The number of carbonyl (C=O) groups excluding carboxylic acids is 1. The zero-order valence-corrected chi connectivity index (χ0v) is 10.2. The number of allylic oxidation sites excluding steroid dienone is 3. The SMILES string of the molecule is CCC(C)=CCCC(C)C=COC(C)=O. The number of ether oxygens (including phenoxy) is 1. The lowest BCUT2D eigenvalue weighted by molar-refractivity contribution is -0.135. The minimum Gasteiger partial charge on any atom is -0.435 e. The Labute approximate surface area is 93.0 Å². The van der Waals surface area contributed by atoms with Crippen molar-refractivity contribution in [1.82, 2.24) is 0 Å². The summed E-state index contributed by atoms with van der Waals surface area (Å²) < 4.78 is 4.73. The molecular weight excluding hydrogens is 188 g/mol. The highest BCUT2D eigenvalue weighted by molar-refractivity contribution is 5.66. The van der Waals surface area contributed by atoms with Gasteiger partial charge in [0, 0.05) is 6.92 Å². The molecule has 0 heterocycles. The second kappa shape index (κ2) is 8.27. The molecule has 0 radical (unpaired) electrons. The van der Waals surface area contributed by atoms with Crippen LogP contribution in [0.4, 0.5) is 0 Å². The van der Waals surface area contributed by atoms with Crippen LogP contribution in [0.2, 0.25) is 0 Å². The molecule has 0 N–H and O–H groups in total. The summed E-state index contributed by atoms with van der Waals surface area (Å²) in [4.78, 5) is 10.5. The minimum atomic E-state index is -0.264. The molecule has 0 saturated carbocycles. The van der Waals surface area contributed by atoms with E-state index in [0.717, 1.165) is 19.3 Å². The van der Waals surface area contributed by atoms with Crippen LogP contribution < -0.4 is 0 Å². The highest BCUT2D eigenvalue weighted by atomic mass is 16.5. The van der Waals surface area contributed by atoms with Crippen molar-refractivity contribution >= 4 is 5.97 Å². The summed E-state index contributed by atoms with van der Waals surface area (Å²) in [5.74, 6) is 0.186. The van der Waals surface area contributed by atoms with E-state index < -0.39 is 0 Å². The van der Waals surface area contributed by atoms with Gasteiger partial charge in [-0.1, -0.05) is 25.5 Å². The summed E-state index contributed by atoms with van der Waals surface area (Å²) in [7, 11) is 0. The van der Waals surface area contributed by atoms with Crippen LogP contribution in [0, 0.1) is 5.92 Å². The highest BCUT2D eigenvalue weighted by Crippen LogP contribution is 2.10. The van der Waals surface area contributed by atoms with Crippen molar-refractivity contribution in [3.05, 3.63) is 24.0 Å². The van der Waals surface area contributed by atoms with Gasteiger partial charge in [-0.05, 0) is 38.2 Å². The molecule has 86 valence electrons. The Balaban J connectivity index is 3.70. The Morgan fingerprint density at radius 1 is 1.40 bits per heavy atom. The van der Waals surface area contributed by atoms with Gasteiger partial charge >= 0.3 is 5.97 Å². The zero-order valence-electron chi connectivity index (χ0n) is 10.2. The van der Waals surface area contributed by atoms with Gasteiger partial charge in [-0.25, -0.2) is 0 Å². The summed E-state index contributed by atoms with van der Waals surface area (Å²) in [5, 5.41) is 0. The largest absolute Gasteiger partial charge is 0.435 e. The fourth-order valence-corrected chi connectivity index (χ4v) is 1.10. The molecule has 0 aliphatic heterocycles. The molecule has 0 rings (SSSR count). The van der Waals surface area contributed by atoms with Gasteiger partial charge in [0.1, 0.15) is 0 Å². The summed E-state index contributed by atoms with van der Waals surface area (Å²) in [6.45, 7) is 7.84. The number of hydrogen-bond donors (Lipinski definition) is 0. The molecule has 0 saturated heterocycles. The number of esters is 1. The van der Waals surface area contributed by atoms with Crippen LogP contribution in [0.15, 0.2) is 24.0 Å². The van der Waals surface area contributed by atoms with Crippen molar-refractivity contribution in [3.63, 3.8) is 0 Å². The Bertz CT molecular complexity index is 239. The summed E-state index contributed by atoms with van der Waals surface area (Å²) in [5.41, 5.74) is 1.44. The van der Waals surface area contributed by atoms with Gasteiger partial charge in [-0.3, -0.25) is 4.79 Å². The van der Waals surface area contributed by atoms with E-state index in [2.05, 4.69) is 26.8 Å². The number of hydrogen-bond acceptors (Lipinski definition) is 2. The van der Waals surface area contributed by atoms with Gasteiger partial charge in [0.15, 0.2) is 0 Å². The lowest BCUT2D eigenvalue weighted by Crippen LogP contribution is -1.93. The van der Waals surface area contributed by atoms with Crippen LogP contribution in [0.3, 0.4) is 0 Å². The molecular formula is C13H22O2. The first kappa shape index (κ1) is 13.9. The molecule has 2 nitrogen and oxygen atoms in total. The second-order valence-electron chi connectivity index (χ2n) is 3.90. The van der Waals surface area contributed by atoms with E-state index in [-0.39, 0.29) is 5.97 Å². The topological polar surface area (TPSA) is 26.3 Å². The van der Waals surface area contributed by atoms with Crippen molar-refractivity contribution < 1.29 is 9.53 Å². The lowest BCUT2D eigenvalue weighted by Gasteiger charge is -2.03. The quantitative estimate of drug-likeness (QED) is 0.378. The average Bonchev–Trinajstić information content (AvgIpc) is 2.17. The van der Waals surface area contributed by atoms with Crippen LogP contribution in [-0.2, 0) is 9.53 Å². The molecule has 0 spiro atoms. The fourth-order valence-electron chi connectivity index (χ4n) is 1.10. The third-order valence-corrected chi connectivity index (χ3v) is 2.31. The molecule has 1 unspecified atom stereocenters. The number of rotatable bonds is 6. The van der Waals surface area contributed by atoms with Gasteiger partial charge < -0.3 is 4.74 Å². The highest BCUT2D eigenvalue weighted by Gasteiger charge is 1.96. The zero-order chi connectivity index (χ0) is 11.7. The van der Waals surface area contributed by atoms with Crippen LogP contribution >= 0.6 is 0 Å². The molecule has 0 fully saturated rings. The molecule has 1 atom stereocenters. The molecule has 2 heteroatoms. The van der Waals surface area contributed by atoms with Gasteiger partial charge in [0.2, 0.25) is 0 Å². The molecule has 0 aromatic heterocycles. The average molecular weight is 210 g/mol. The van der Waals surface area contributed by atoms with Crippen molar-refractivity contribution in [2.45, 2.75) is 47.0 Å². The molecule has 15 heavy (non-hydrogen) atoms. The first-order valence-corrected chi connectivity index (χ1v) is 5.55. The molecule has 0 aromatic carbocycles. The smallest absolute Gasteiger partial charge is 0.307 e. The van der Waals surface area contributed by atoms with Crippen molar-refractivity contribution in [3.8, 4) is 0 Å². The third-order valence-electron chi connectivity index (χ3n) is 2.31. The maximum Gasteiger partial charge on any atom is 0.307 e. The van der Waals surface area contributed by atoms with Crippen LogP contribution in [0.25, 0.3) is 0 Å².